The van der Waals surface area contributed by atoms with Gasteiger partial charge in [-0.3, -0.25) is 0 Å². The van der Waals surface area contributed by atoms with Gasteiger partial charge in [0.1, 0.15) is 11.2 Å². The fraction of sp³-hybridized carbons (Fsp3) is 0.591. The Morgan fingerprint density at radius 2 is 1.91 bits per heavy atom. The zero-order chi connectivity index (χ0) is 23.2. The lowest BCUT2D eigenvalue weighted by atomic mass is 9.79. The van der Waals surface area contributed by atoms with E-state index < -0.39 is 28.7 Å². The normalized spacial score (nSPS) is 25.6. The number of aromatic amines is 1. The van der Waals surface area contributed by atoms with Crippen molar-refractivity contribution in [3.05, 3.63) is 30.2 Å². The van der Waals surface area contributed by atoms with Crippen molar-refractivity contribution in [2.45, 2.75) is 50.6 Å². The predicted molar refractivity (Wildman–Crippen MR) is 118 cm³/mol. The van der Waals surface area contributed by atoms with Crippen LogP contribution in [-0.2, 0) is 10.0 Å². The summed E-state index contributed by atoms with van der Waals surface area (Å²) in [6.07, 6.45) is 4.27. The molecule has 11 heteroatoms. The molecule has 2 fully saturated rings. The van der Waals surface area contributed by atoms with Gasteiger partial charge in [0.25, 0.3) is 0 Å². The number of H-pyrrole nitrogens is 1. The number of pyridine rings is 1. The standard InChI is InChI=1S/C22H26F3N5O2S/c23-22(24,25)16-2-1-9-30(12-16)33(31,32)13-14-3-5-15(6-4-14)18-10-28-29-19-11-27-21-17(20(18)19)7-8-26-21/h7-8,10-11,14-16H,1-6,9,12-13H2,(H,26,27). The van der Waals surface area contributed by atoms with Gasteiger partial charge in [0.05, 0.1) is 24.1 Å². The number of nitrogens with zero attached hydrogens (tertiary/aromatic N) is 4. The third-order valence-corrected chi connectivity index (χ3v) is 9.20. The van der Waals surface area contributed by atoms with Gasteiger partial charge in [0.2, 0.25) is 10.0 Å². The van der Waals surface area contributed by atoms with Crippen molar-refractivity contribution in [2.75, 3.05) is 18.8 Å². The monoisotopic (exact) mass is 481 g/mol. The molecule has 1 saturated carbocycles. The number of piperidine rings is 1. The van der Waals surface area contributed by atoms with Gasteiger partial charge >= 0.3 is 6.18 Å². The largest absolute Gasteiger partial charge is 0.393 e. The number of aromatic nitrogens is 4. The molecule has 3 aromatic rings. The van der Waals surface area contributed by atoms with Crippen LogP contribution in [0.25, 0.3) is 21.9 Å². The first-order valence-electron chi connectivity index (χ1n) is 11.3. The van der Waals surface area contributed by atoms with Crippen LogP contribution in [0.3, 0.4) is 0 Å². The third-order valence-electron chi connectivity index (χ3n) is 7.19. The van der Waals surface area contributed by atoms with Gasteiger partial charge in [-0.15, -0.1) is 5.10 Å². The molecule has 4 heterocycles. The summed E-state index contributed by atoms with van der Waals surface area (Å²) in [7, 11) is -3.72. The summed E-state index contributed by atoms with van der Waals surface area (Å²) >= 11 is 0. The maximum Gasteiger partial charge on any atom is 0.393 e. The van der Waals surface area contributed by atoms with Crippen molar-refractivity contribution in [1.82, 2.24) is 24.5 Å². The molecule has 1 aliphatic carbocycles. The van der Waals surface area contributed by atoms with Gasteiger partial charge in [-0.25, -0.2) is 17.7 Å². The summed E-state index contributed by atoms with van der Waals surface area (Å²) in [5, 5.41) is 10.4. The molecule has 1 N–H and O–H groups in total. The lowest BCUT2D eigenvalue weighted by Gasteiger charge is -2.35. The van der Waals surface area contributed by atoms with E-state index in [2.05, 4.69) is 20.2 Å². The minimum atomic E-state index is -4.35. The number of hydrogen-bond acceptors (Lipinski definition) is 5. The molecule has 0 bridgehead atoms. The average molecular weight is 482 g/mol. The zero-order valence-electron chi connectivity index (χ0n) is 18.1. The number of rotatable bonds is 4. The van der Waals surface area contributed by atoms with Crippen molar-refractivity contribution >= 4 is 32.0 Å². The van der Waals surface area contributed by atoms with Crippen molar-refractivity contribution in [2.24, 2.45) is 11.8 Å². The van der Waals surface area contributed by atoms with E-state index in [-0.39, 0.29) is 37.0 Å². The highest BCUT2D eigenvalue weighted by molar-refractivity contribution is 7.89. The summed E-state index contributed by atoms with van der Waals surface area (Å²) in [4.78, 5) is 7.49. The Kier molecular flexibility index (Phi) is 5.80. The number of fused-ring (bicyclic) bond motifs is 3. The lowest BCUT2D eigenvalue weighted by Crippen LogP contribution is -2.46. The second kappa shape index (κ2) is 8.50. The Balaban J connectivity index is 1.28. The maximum absolute atomic E-state index is 13.1. The number of alkyl halides is 3. The quantitative estimate of drug-likeness (QED) is 0.597. The van der Waals surface area contributed by atoms with Crippen LogP contribution < -0.4 is 0 Å². The zero-order valence-corrected chi connectivity index (χ0v) is 18.9. The molecule has 5 rings (SSSR count). The molecule has 1 unspecified atom stereocenters. The van der Waals surface area contributed by atoms with Gasteiger partial charge in [0.15, 0.2) is 0 Å². The second-order valence-corrected chi connectivity index (χ2v) is 11.3. The smallest absolute Gasteiger partial charge is 0.346 e. The van der Waals surface area contributed by atoms with E-state index in [9.17, 15) is 21.6 Å². The SMILES string of the molecule is O=S(=O)(CC1CCC(c2cnnc3cnc4[nH]ccc4c23)CC1)N1CCCC(C(F)(F)F)C1. The predicted octanol–water partition coefficient (Wildman–Crippen LogP) is 4.38. The molecule has 33 heavy (non-hydrogen) atoms. The first-order chi connectivity index (χ1) is 15.7. The minimum absolute atomic E-state index is 0.00150. The Labute approximate surface area is 189 Å². The van der Waals surface area contributed by atoms with Crippen LogP contribution in [0.2, 0.25) is 0 Å². The fourth-order valence-electron chi connectivity index (χ4n) is 5.41. The van der Waals surface area contributed by atoms with Crippen molar-refractivity contribution < 1.29 is 21.6 Å². The van der Waals surface area contributed by atoms with Crippen LogP contribution in [-0.4, -0.2) is 57.9 Å². The van der Waals surface area contributed by atoms with E-state index in [0.717, 1.165) is 44.6 Å². The van der Waals surface area contributed by atoms with E-state index in [4.69, 9.17) is 0 Å². The van der Waals surface area contributed by atoms with E-state index in [0.29, 0.717) is 12.8 Å². The number of halogens is 3. The Bertz CT molecular complexity index is 1250. The van der Waals surface area contributed by atoms with E-state index in [1.807, 2.05) is 12.3 Å². The lowest BCUT2D eigenvalue weighted by molar-refractivity contribution is -0.182. The van der Waals surface area contributed by atoms with E-state index in [1.54, 1.807) is 12.4 Å². The van der Waals surface area contributed by atoms with Crippen LogP contribution in [0.4, 0.5) is 13.2 Å². The highest BCUT2D eigenvalue weighted by atomic mass is 32.2. The average Bonchev–Trinajstić information content (AvgIpc) is 3.28. The van der Waals surface area contributed by atoms with E-state index in [1.165, 1.54) is 0 Å². The van der Waals surface area contributed by atoms with Crippen LogP contribution in [0, 0.1) is 11.8 Å². The highest BCUT2D eigenvalue weighted by Gasteiger charge is 2.44. The number of sulfonamides is 1. The molecule has 0 aromatic carbocycles. The molecule has 1 saturated heterocycles. The highest BCUT2D eigenvalue weighted by Crippen LogP contribution is 2.40. The second-order valence-electron chi connectivity index (χ2n) is 9.29. The first kappa shape index (κ1) is 22.5. The summed E-state index contributed by atoms with van der Waals surface area (Å²) in [5.74, 6) is -1.46. The molecular weight excluding hydrogens is 455 g/mol. The molecule has 7 nitrogen and oxygen atoms in total. The van der Waals surface area contributed by atoms with Crippen LogP contribution in [0.5, 0.6) is 0 Å². The van der Waals surface area contributed by atoms with Gasteiger partial charge in [-0.2, -0.15) is 18.3 Å². The minimum Gasteiger partial charge on any atom is -0.346 e. The molecule has 0 spiro atoms. The van der Waals surface area contributed by atoms with Gasteiger partial charge in [0, 0.05) is 30.1 Å². The van der Waals surface area contributed by atoms with E-state index >= 15 is 0 Å². The fourth-order valence-corrected chi connectivity index (χ4v) is 7.36. The Hall–Kier alpha value is -2.27. The van der Waals surface area contributed by atoms with Crippen molar-refractivity contribution in [3.8, 4) is 0 Å². The molecule has 0 radical (unpaired) electrons. The molecule has 2 aliphatic rings. The topological polar surface area (TPSA) is 91.8 Å². The molecule has 0 amide bonds. The van der Waals surface area contributed by atoms with Gasteiger partial charge in [-0.1, -0.05) is 0 Å². The van der Waals surface area contributed by atoms with Crippen LogP contribution in [0.1, 0.15) is 50.0 Å². The molecule has 1 atom stereocenters. The third kappa shape index (κ3) is 4.44. The molecule has 1 aliphatic heterocycles. The maximum atomic E-state index is 13.1. The van der Waals surface area contributed by atoms with Gasteiger partial charge in [-0.05, 0) is 62.0 Å². The summed E-state index contributed by atoms with van der Waals surface area (Å²) < 4.78 is 66.2. The van der Waals surface area contributed by atoms with Crippen molar-refractivity contribution in [3.63, 3.8) is 0 Å². The Morgan fingerprint density at radius 3 is 2.67 bits per heavy atom. The van der Waals surface area contributed by atoms with Crippen LogP contribution >= 0.6 is 0 Å². The van der Waals surface area contributed by atoms with Crippen molar-refractivity contribution in [1.29, 1.82) is 0 Å². The van der Waals surface area contributed by atoms with Gasteiger partial charge < -0.3 is 4.98 Å². The van der Waals surface area contributed by atoms with Crippen LogP contribution in [0.15, 0.2) is 24.7 Å². The molecular formula is C22H26F3N5O2S. The Morgan fingerprint density at radius 1 is 1.12 bits per heavy atom. The number of hydrogen-bond donors (Lipinski definition) is 1. The summed E-state index contributed by atoms with van der Waals surface area (Å²) in [6.45, 7) is -0.268. The summed E-state index contributed by atoms with van der Waals surface area (Å²) in [5.41, 5.74) is 2.61. The number of nitrogens with one attached hydrogen (secondary N) is 1. The first-order valence-corrected chi connectivity index (χ1v) is 12.9. The summed E-state index contributed by atoms with van der Waals surface area (Å²) in [6, 6.07) is 1.97. The molecule has 178 valence electrons. The molecule has 3 aromatic heterocycles.